The van der Waals surface area contributed by atoms with Crippen LogP contribution in [0.2, 0.25) is 0 Å². The van der Waals surface area contributed by atoms with Gasteiger partial charge in [-0.15, -0.1) is 0 Å². The normalized spacial score (nSPS) is 10.3. The van der Waals surface area contributed by atoms with E-state index in [1.54, 1.807) is 12.3 Å². The summed E-state index contributed by atoms with van der Waals surface area (Å²) in [5.74, 6) is 0.587. The van der Waals surface area contributed by atoms with Crippen molar-refractivity contribution in [3.63, 3.8) is 0 Å². The number of anilines is 1. The lowest BCUT2D eigenvalue weighted by Gasteiger charge is -2.12. The van der Waals surface area contributed by atoms with E-state index in [2.05, 4.69) is 10.3 Å². The van der Waals surface area contributed by atoms with Gasteiger partial charge >= 0.3 is 0 Å². The minimum absolute atomic E-state index is 0.181. The maximum atomic E-state index is 13.5. The van der Waals surface area contributed by atoms with Crippen LogP contribution in [-0.4, -0.2) is 17.5 Å². The summed E-state index contributed by atoms with van der Waals surface area (Å²) in [7, 11) is 0. The SMILES string of the molecule is CCOc1ccc(F)cc1-c1cnc(NC(C)=O)c(C)c1. The summed E-state index contributed by atoms with van der Waals surface area (Å²) >= 11 is 0. The molecule has 0 aliphatic carbocycles. The molecule has 1 N–H and O–H groups in total. The topological polar surface area (TPSA) is 51.2 Å². The zero-order valence-electron chi connectivity index (χ0n) is 12.2. The molecule has 0 aliphatic heterocycles. The van der Waals surface area contributed by atoms with Crippen molar-refractivity contribution in [2.24, 2.45) is 0 Å². The molecule has 0 fully saturated rings. The van der Waals surface area contributed by atoms with E-state index < -0.39 is 0 Å². The molecule has 5 heteroatoms. The third-order valence-corrected chi connectivity index (χ3v) is 2.93. The number of pyridine rings is 1. The minimum Gasteiger partial charge on any atom is -0.493 e. The quantitative estimate of drug-likeness (QED) is 0.936. The van der Waals surface area contributed by atoms with Crippen LogP contribution in [0.5, 0.6) is 5.75 Å². The van der Waals surface area contributed by atoms with Crippen molar-refractivity contribution in [1.29, 1.82) is 0 Å². The molecule has 2 aromatic rings. The molecule has 1 aromatic heterocycles. The highest BCUT2D eigenvalue weighted by Crippen LogP contribution is 2.32. The van der Waals surface area contributed by atoms with E-state index in [9.17, 15) is 9.18 Å². The summed E-state index contributed by atoms with van der Waals surface area (Å²) in [4.78, 5) is 15.3. The average Bonchev–Trinajstić information content (AvgIpc) is 2.43. The van der Waals surface area contributed by atoms with E-state index in [0.29, 0.717) is 23.7 Å². The molecular weight excluding hydrogens is 271 g/mol. The van der Waals surface area contributed by atoms with Crippen LogP contribution in [0.4, 0.5) is 10.2 Å². The first-order valence-electron chi connectivity index (χ1n) is 6.68. The first-order chi connectivity index (χ1) is 10.0. The molecule has 0 saturated carbocycles. The van der Waals surface area contributed by atoms with Crippen molar-refractivity contribution in [2.45, 2.75) is 20.8 Å². The summed E-state index contributed by atoms with van der Waals surface area (Å²) in [6.45, 7) is 5.63. The van der Waals surface area contributed by atoms with Crippen LogP contribution in [0.15, 0.2) is 30.5 Å². The number of aryl methyl sites for hydroxylation is 1. The summed E-state index contributed by atoms with van der Waals surface area (Å²) in [5.41, 5.74) is 2.18. The zero-order valence-corrected chi connectivity index (χ0v) is 12.2. The molecule has 2 rings (SSSR count). The number of benzene rings is 1. The van der Waals surface area contributed by atoms with Gasteiger partial charge in [0.2, 0.25) is 5.91 Å². The predicted molar refractivity (Wildman–Crippen MR) is 79.8 cm³/mol. The molecule has 1 heterocycles. The van der Waals surface area contributed by atoms with E-state index in [4.69, 9.17) is 4.74 Å². The maximum absolute atomic E-state index is 13.5. The number of hydrogen-bond acceptors (Lipinski definition) is 3. The number of carbonyl (C=O) groups excluding carboxylic acids is 1. The number of aromatic nitrogens is 1. The van der Waals surface area contributed by atoms with Crippen LogP contribution < -0.4 is 10.1 Å². The van der Waals surface area contributed by atoms with Crippen LogP contribution in [-0.2, 0) is 4.79 Å². The Balaban J connectivity index is 2.44. The Kier molecular flexibility index (Phi) is 4.52. The lowest BCUT2D eigenvalue weighted by atomic mass is 10.0. The first kappa shape index (κ1) is 15.0. The second-order valence-electron chi connectivity index (χ2n) is 4.64. The fourth-order valence-electron chi connectivity index (χ4n) is 2.03. The highest BCUT2D eigenvalue weighted by molar-refractivity contribution is 5.88. The Morgan fingerprint density at radius 1 is 1.38 bits per heavy atom. The zero-order chi connectivity index (χ0) is 15.4. The van der Waals surface area contributed by atoms with Gasteiger partial charge in [0.1, 0.15) is 17.4 Å². The molecule has 0 unspecified atom stereocenters. The minimum atomic E-state index is -0.336. The molecule has 21 heavy (non-hydrogen) atoms. The monoisotopic (exact) mass is 288 g/mol. The summed E-state index contributed by atoms with van der Waals surface area (Å²) in [6, 6.07) is 6.22. The molecule has 110 valence electrons. The molecule has 0 saturated heterocycles. The van der Waals surface area contributed by atoms with Gasteiger partial charge in [0, 0.05) is 24.2 Å². The molecule has 4 nitrogen and oxygen atoms in total. The Morgan fingerprint density at radius 3 is 2.76 bits per heavy atom. The van der Waals surface area contributed by atoms with Gasteiger partial charge in [-0.3, -0.25) is 4.79 Å². The highest BCUT2D eigenvalue weighted by Gasteiger charge is 2.10. The second-order valence-corrected chi connectivity index (χ2v) is 4.64. The molecular formula is C16H17FN2O2. The number of amides is 1. The van der Waals surface area contributed by atoms with Gasteiger partial charge in [-0.05, 0) is 43.7 Å². The third-order valence-electron chi connectivity index (χ3n) is 2.93. The number of rotatable bonds is 4. The molecule has 0 bridgehead atoms. The van der Waals surface area contributed by atoms with Gasteiger partial charge in [0.05, 0.1) is 6.61 Å². The van der Waals surface area contributed by atoms with Crippen LogP contribution in [0, 0.1) is 12.7 Å². The Morgan fingerprint density at radius 2 is 2.14 bits per heavy atom. The van der Waals surface area contributed by atoms with Crippen molar-refractivity contribution < 1.29 is 13.9 Å². The number of halogens is 1. The van der Waals surface area contributed by atoms with Gasteiger partial charge in [-0.2, -0.15) is 0 Å². The molecule has 0 radical (unpaired) electrons. The van der Waals surface area contributed by atoms with Crippen molar-refractivity contribution in [1.82, 2.24) is 4.98 Å². The lowest BCUT2D eigenvalue weighted by Crippen LogP contribution is -2.08. The number of hydrogen-bond donors (Lipinski definition) is 1. The van der Waals surface area contributed by atoms with Crippen molar-refractivity contribution in [2.75, 3.05) is 11.9 Å². The Labute approximate surface area is 123 Å². The Bertz CT molecular complexity index is 671. The van der Waals surface area contributed by atoms with Crippen molar-refractivity contribution >= 4 is 11.7 Å². The summed E-state index contributed by atoms with van der Waals surface area (Å²) < 4.78 is 19.0. The number of nitrogens with one attached hydrogen (secondary N) is 1. The standard InChI is InChI=1S/C16H17FN2O2/c1-4-21-15-6-5-13(17)8-14(15)12-7-10(2)16(18-9-12)19-11(3)20/h5-9H,4H2,1-3H3,(H,18,19,20). The maximum Gasteiger partial charge on any atom is 0.222 e. The van der Waals surface area contributed by atoms with Crippen molar-refractivity contribution in [3.05, 3.63) is 41.8 Å². The summed E-state index contributed by atoms with van der Waals surface area (Å²) in [5, 5.41) is 2.65. The summed E-state index contributed by atoms with van der Waals surface area (Å²) in [6.07, 6.45) is 1.59. The lowest BCUT2D eigenvalue weighted by molar-refractivity contribution is -0.114. The number of ether oxygens (including phenoxy) is 1. The van der Waals surface area contributed by atoms with E-state index in [1.807, 2.05) is 19.9 Å². The van der Waals surface area contributed by atoms with Crippen LogP contribution in [0.1, 0.15) is 19.4 Å². The van der Waals surface area contributed by atoms with E-state index in [1.165, 1.54) is 19.1 Å². The first-order valence-corrected chi connectivity index (χ1v) is 6.68. The van der Waals surface area contributed by atoms with Gasteiger partial charge in [-0.1, -0.05) is 0 Å². The van der Waals surface area contributed by atoms with Gasteiger partial charge in [0.25, 0.3) is 0 Å². The Hall–Kier alpha value is -2.43. The van der Waals surface area contributed by atoms with Crippen LogP contribution in [0.3, 0.4) is 0 Å². The highest BCUT2D eigenvalue weighted by atomic mass is 19.1. The largest absolute Gasteiger partial charge is 0.493 e. The smallest absolute Gasteiger partial charge is 0.222 e. The van der Waals surface area contributed by atoms with Crippen LogP contribution in [0.25, 0.3) is 11.1 Å². The molecule has 0 spiro atoms. The van der Waals surface area contributed by atoms with E-state index >= 15 is 0 Å². The average molecular weight is 288 g/mol. The van der Waals surface area contributed by atoms with Gasteiger partial charge in [0.15, 0.2) is 0 Å². The van der Waals surface area contributed by atoms with E-state index in [-0.39, 0.29) is 11.7 Å². The van der Waals surface area contributed by atoms with Crippen molar-refractivity contribution in [3.8, 4) is 16.9 Å². The predicted octanol–water partition coefficient (Wildman–Crippen LogP) is 3.55. The molecule has 0 atom stereocenters. The third kappa shape index (κ3) is 3.56. The second kappa shape index (κ2) is 6.35. The molecule has 0 aliphatic rings. The fourth-order valence-corrected chi connectivity index (χ4v) is 2.03. The molecule has 1 amide bonds. The molecule has 1 aromatic carbocycles. The fraction of sp³-hybridized carbons (Fsp3) is 0.250. The van der Waals surface area contributed by atoms with E-state index in [0.717, 1.165) is 11.1 Å². The van der Waals surface area contributed by atoms with Crippen LogP contribution >= 0.6 is 0 Å². The van der Waals surface area contributed by atoms with Gasteiger partial charge in [-0.25, -0.2) is 9.37 Å². The number of nitrogens with zero attached hydrogens (tertiary/aromatic N) is 1. The number of carbonyl (C=O) groups is 1. The van der Waals surface area contributed by atoms with Gasteiger partial charge < -0.3 is 10.1 Å².